The fourth-order valence-corrected chi connectivity index (χ4v) is 2.97. The minimum absolute atomic E-state index is 0.0450. The van der Waals surface area contributed by atoms with Crippen molar-refractivity contribution in [2.75, 3.05) is 11.9 Å². The number of carbonyl (C=O) groups is 1. The largest absolute Gasteiger partial charge is 0.492 e. The van der Waals surface area contributed by atoms with Gasteiger partial charge in [-0.15, -0.1) is 0 Å². The van der Waals surface area contributed by atoms with E-state index in [4.69, 9.17) is 4.74 Å². The normalized spacial score (nSPS) is 11.8. The summed E-state index contributed by atoms with van der Waals surface area (Å²) < 4.78 is 7.66. The van der Waals surface area contributed by atoms with Crippen molar-refractivity contribution in [3.8, 4) is 5.75 Å². The second-order valence-corrected chi connectivity index (χ2v) is 6.24. The Labute approximate surface area is 154 Å². The van der Waals surface area contributed by atoms with E-state index >= 15 is 0 Å². The molecule has 1 unspecified atom stereocenters. The molecule has 0 spiro atoms. The molecule has 1 atom stereocenters. The number of benzene rings is 2. The number of para-hydroxylation sites is 2. The molecule has 26 heavy (non-hydrogen) atoms. The molecule has 1 aromatic heterocycles. The van der Waals surface area contributed by atoms with Gasteiger partial charge in [-0.3, -0.25) is 4.79 Å². The van der Waals surface area contributed by atoms with Gasteiger partial charge in [0, 0.05) is 12.4 Å². The third kappa shape index (κ3) is 4.33. The number of amides is 1. The first-order valence-corrected chi connectivity index (χ1v) is 8.88. The fraction of sp³-hybridized carbons (Fsp3) is 0.227. The lowest BCUT2D eigenvalue weighted by molar-refractivity contribution is -0.116. The van der Waals surface area contributed by atoms with Crippen LogP contribution in [0.3, 0.4) is 0 Å². The molecule has 3 rings (SSSR count). The van der Waals surface area contributed by atoms with Crippen molar-refractivity contribution in [2.45, 2.75) is 26.3 Å². The fourth-order valence-electron chi connectivity index (χ4n) is 2.97. The van der Waals surface area contributed by atoms with Gasteiger partial charge in [0.05, 0.1) is 24.8 Å². The van der Waals surface area contributed by atoms with Gasteiger partial charge in [0.15, 0.2) is 0 Å². The molecule has 0 bridgehead atoms. The lowest BCUT2D eigenvalue weighted by Crippen LogP contribution is -2.20. The second kappa shape index (κ2) is 8.39. The summed E-state index contributed by atoms with van der Waals surface area (Å²) >= 11 is 0. The number of carbonyl (C=O) groups excluding carboxylic acids is 1. The molecule has 0 saturated heterocycles. The van der Waals surface area contributed by atoms with Crippen LogP contribution in [-0.4, -0.2) is 17.1 Å². The predicted molar refractivity (Wildman–Crippen MR) is 105 cm³/mol. The summed E-state index contributed by atoms with van der Waals surface area (Å²) in [6.45, 7) is 4.55. The molecule has 1 N–H and O–H groups in total. The second-order valence-electron chi connectivity index (χ2n) is 6.24. The van der Waals surface area contributed by atoms with Crippen LogP contribution in [0.4, 0.5) is 5.69 Å². The van der Waals surface area contributed by atoms with E-state index in [2.05, 4.69) is 41.1 Å². The van der Waals surface area contributed by atoms with Crippen molar-refractivity contribution < 1.29 is 9.53 Å². The highest BCUT2D eigenvalue weighted by Crippen LogP contribution is 2.27. The van der Waals surface area contributed by atoms with Crippen molar-refractivity contribution in [1.82, 2.24) is 4.57 Å². The number of aryl methyl sites for hydroxylation is 1. The number of ether oxygens (including phenoxy) is 1. The lowest BCUT2D eigenvalue weighted by atomic mass is 10.0. The zero-order valence-corrected chi connectivity index (χ0v) is 15.2. The maximum absolute atomic E-state index is 12.7. The van der Waals surface area contributed by atoms with Crippen LogP contribution in [-0.2, 0) is 4.79 Å². The Morgan fingerprint density at radius 1 is 1.04 bits per heavy atom. The van der Waals surface area contributed by atoms with Crippen LogP contribution in [0.5, 0.6) is 5.75 Å². The van der Waals surface area contributed by atoms with Crippen LogP contribution in [0.1, 0.15) is 30.5 Å². The molecular formula is C22H24N2O2. The van der Waals surface area contributed by atoms with Gasteiger partial charge in [0.1, 0.15) is 5.75 Å². The highest BCUT2D eigenvalue weighted by Gasteiger charge is 2.18. The Kier molecular flexibility index (Phi) is 5.74. The van der Waals surface area contributed by atoms with Crippen molar-refractivity contribution in [3.05, 3.63) is 84.2 Å². The quantitative estimate of drug-likeness (QED) is 0.665. The number of nitrogens with zero attached hydrogens (tertiary/aromatic N) is 1. The lowest BCUT2D eigenvalue weighted by Gasteiger charge is -2.20. The molecule has 134 valence electrons. The number of aromatic nitrogens is 1. The molecule has 3 aromatic rings. The monoisotopic (exact) mass is 348 g/mol. The Morgan fingerprint density at radius 2 is 1.73 bits per heavy atom. The summed E-state index contributed by atoms with van der Waals surface area (Å²) in [5.74, 6) is 0.646. The van der Waals surface area contributed by atoms with Crippen LogP contribution < -0.4 is 10.1 Å². The predicted octanol–water partition coefficient (Wildman–Crippen LogP) is 4.81. The molecule has 0 aliphatic carbocycles. The Morgan fingerprint density at radius 3 is 2.42 bits per heavy atom. The molecule has 4 heteroatoms. The molecule has 0 aliphatic heterocycles. The number of rotatable bonds is 7. The number of hydrogen-bond donors (Lipinski definition) is 1. The summed E-state index contributed by atoms with van der Waals surface area (Å²) in [5.41, 5.74) is 3.02. The van der Waals surface area contributed by atoms with Gasteiger partial charge >= 0.3 is 0 Å². The van der Waals surface area contributed by atoms with Crippen LogP contribution in [0.25, 0.3) is 0 Å². The van der Waals surface area contributed by atoms with E-state index in [1.165, 1.54) is 5.56 Å². The first kappa shape index (κ1) is 17.8. The van der Waals surface area contributed by atoms with Crippen LogP contribution in [0.15, 0.2) is 73.1 Å². The van der Waals surface area contributed by atoms with Gasteiger partial charge in [-0.2, -0.15) is 0 Å². The summed E-state index contributed by atoms with van der Waals surface area (Å²) in [4.78, 5) is 12.7. The molecule has 4 nitrogen and oxygen atoms in total. The van der Waals surface area contributed by atoms with Crippen LogP contribution >= 0.6 is 0 Å². The Hall–Kier alpha value is -3.01. The third-order valence-corrected chi connectivity index (χ3v) is 4.29. The van der Waals surface area contributed by atoms with E-state index in [0.29, 0.717) is 24.5 Å². The van der Waals surface area contributed by atoms with Gasteiger partial charge in [0.2, 0.25) is 5.91 Å². The number of hydrogen-bond acceptors (Lipinski definition) is 2. The average molecular weight is 348 g/mol. The minimum Gasteiger partial charge on any atom is -0.492 e. The topological polar surface area (TPSA) is 43.3 Å². The van der Waals surface area contributed by atoms with E-state index in [-0.39, 0.29) is 11.9 Å². The van der Waals surface area contributed by atoms with Crippen LogP contribution in [0.2, 0.25) is 0 Å². The van der Waals surface area contributed by atoms with Gasteiger partial charge in [-0.25, -0.2) is 0 Å². The molecule has 1 heterocycles. The van der Waals surface area contributed by atoms with Gasteiger partial charge < -0.3 is 14.6 Å². The SMILES string of the molecule is CCOc1ccccc1NC(=O)CC(c1ccc(C)cc1)n1cccc1. The van der Waals surface area contributed by atoms with Crippen molar-refractivity contribution >= 4 is 11.6 Å². The minimum atomic E-state index is -0.0511. The third-order valence-electron chi connectivity index (χ3n) is 4.29. The average Bonchev–Trinajstić information content (AvgIpc) is 3.17. The number of nitrogens with one attached hydrogen (secondary N) is 1. The first-order chi connectivity index (χ1) is 12.7. The zero-order chi connectivity index (χ0) is 18.4. The van der Waals surface area contributed by atoms with Gasteiger partial charge in [-0.1, -0.05) is 42.0 Å². The van der Waals surface area contributed by atoms with E-state index in [9.17, 15) is 4.79 Å². The smallest absolute Gasteiger partial charge is 0.226 e. The highest BCUT2D eigenvalue weighted by atomic mass is 16.5. The molecule has 0 aliphatic rings. The molecule has 1 amide bonds. The number of anilines is 1. The summed E-state index contributed by atoms with van der Waals surface area (Å²) in [7, 11) is 0. The molecule has 0 radical (unpaired) electrons. The van der Waals surface area contributed by atoms with Crippen molar-refractivity contribution in [2.24, 2.45) is 0 Å². The van der Waals surface area contributed by atoms with E-state index in [0.717, 1.165) is 5.56 Å². The maximum atomic E-state index is 12.7. The summed E-state index contributed by atoms with van der Waals surface area (Å²) in [6, 6.07) is 19.7. The Balaban J connectivity index is 1.79. The molecular weight excluding hydrogens is 324 g/mol. The Bertz CT molecular complexity index is 839. The highest BCUT2D eigenvalue weighted by molar-refractivity contribution is 5.92. The summed E-state index contributed by atoms with van der Waals surface area (Å²) in [6.07, 6.45) is 4.33. The molecule has 0 saturated carbocycles. The van der Waals surface area contributed by atoms with Crippen molar-refractivity contribution in [1.29, 1.82) is 0 Å². The van der Waals surface area contributed by atoms with Crippen LogP contribution in [0, 0.1) is 6.92 Å². The van der Waals surface area contributed by atoms with Gasteiger partial charge in [0.25, 0.3) is 0 Å². The molecule has 0 fully saturated rings. The first-order valence-electron chi connectivity index (χ1n) is 8.88. The van der Waals surface area contributed by atoms with E-state index < -0.39 is 0 Å². The van der Waals surface area contributed by atoms with Gasteiger partial charge in [-0.05, 0) is 43.7 Å². The standard InChI is InChI=1S/C22H24N2O2/c1-3-26-21-9-5-4-8-19(21)23-22(25)16-20(24-14-6-7-15-24)18-12-10-17(2)11-13-18/h4-15,20H,3,16H2,1-2H3,(H,23,25). The molecule has 2 aromatic carbocycles. The van der Waals surface area contributed by atoms with Crippen molar-refractivity contribution in [3.63, 3.8) is 0 Å². The van der Waals surface area contributed by atoms with E-state index in [1.807, 2.05) is 55.7 Å². The summed E-state index contributed by atoms with van der Waals surface area (Å²) in [5, 5.41) is 2.99. The maximum Gasteiger partial charge on any atom is 0.226 e. The van der Waals surface area contributed by atoms with E-state index in [1.54, 1.807) is 0 Å². The zero-order valence-electron chi connectivity index (χ0n) is 15.2.